The van der Waals surface area contributed by atoms with E-state index in [-0.39, 0.29) is 5.91 Å². The number of anilines is 1. The maximum absolute atomic E-state index is 13.3. The number of rotatable bonds is 4. The number of amides is 1. The lowest BCUT2D eigenvalue weighted by atomic mass is 10.1. The SMILES string of the molecule is Cc1nn(C)c2nc(-c3cccs3)cc(C(=O)Nc3cccc(-c4ccno4)c3)c12. The van der Waals surface area contributed by atoms with Gasteiger partial charge in [0, 0.05) is 24.4 Å². The molecule has 0 radical (unpaired) electrons. The second-order valence-electron chi connectivity index (χ2n) is 6.85. The Labute approximate surface area is 176 Å². The van der Waals surface area contributed by atoms with Gasteiger partial charge in [-0.05, 0) is 36.6 Å². The van der Waals surface area contributed by atoms with Crippen LogP contribution in [-0.2, 0) is 7.05 Å². The van der Waals surface area contributed by atoms with Crippen LogP contribution in [-0.4, -0.2) is 25.8 Å². The smallest absolute Gasteiger partial charge is 0.256 e. The summed E-state index contributed by atoms with van der Waals surface area (Å²) in [6.07, 6.45) is 1.59. The highest BCUT2D eigenvalue weighted by Gasteiger charge is 2.20. The minimum absolute atomic E-state index is 0.217. The molecule has 0 fully saturated rings. The molecule has 148 valence electrons. The molecule has 0 unspecified atom stereocenters. The summed E-state index contributed by atoms with van der Waals surface area (Å²) in [5.74, 6) is 0.423. The maximum Gasteiger partial charge on any atom is 0.256 e. The van der Waals surface area contributed by atoms with E-state index in [9.17, 15) is 4.79 Å². The lowest BCUT2D eigenvalue weighted by molar-refractivity contribution is 0.102. The van der Waals surface area contributed by atoms with E-state index in [2.05, 4.69) is 15.6 Å². The van der Waals surface area contributed by atoms with Gasteiger partial charge in [-0.1, -0.05) is 23.4 Å². The van der Waals surface area contributed by atoms with Crippen molar-refractivity contribution in [1.29, 1.82) is 0 Å². The Kier molecular flexibility index (Phi) is 4.40. The summed E-state index contributed by atoms with van der Waals surface area (Å²) >= 11 is 1.58. The third kappa shape index (κ3) is 3.17. The Hall–Kier alpha value is -3.78. The number of hydrogen-bond acceptors (Lipinski definition) is 6. The first-order chi connectivity index (χ1) is 14.6. The first-order valence-corrected chi connectivity index (χ1v) is 10.2. The Morgan fingerprint density at radius 1 is 1.17 bits per heavy atom. The van der Waals surface area contributed by atoms with Crippen molar-refractivity contribution in [1.82, 2.24) is 19.9 Å². The fourth-order valence-electron chi connectivity index (χ4n) is 3.49. The summed E-state index contributed by atoms with van der Waals surface area (Å²) in [5.41, 5.74) is 4.23. The normalized spacial score (nSPS) is 11.1. The van der Waals surface area contributed by atoms with E-state index in [0.29, 0.717) is 22.7 Å². The average molecular weight is 415 g/mol. The third-order valence-corrected chi connectivity index (χ3v) is 5.72. The van der Waals surface area contributed by atoms with Gasteiger partial charge in [-0.15, -0.1) is 11.3 Å². The van der Waals surface area contributed by atoms with Gasteiger partial charge in [0.05, 0.1) is 33.4 Å². The predicted octanol–water partition coefficient (Wildman–Crippen LogP) is 4.91. The quantitative estimate of drug-likeness (QED) is 0.451. The van der Waals surface area contributed by atoms with E-state index in [1.807, 2.05) is 61.8 Å². The van der Waals surface area contributed by atoms with Crippen molar-refractivity contribution in [3.05, 3.63) is 71.4 Å². The molecule has 0 saturated carbocycles. The van der Waals surface area contributed by atoms with E-state index in [1.54, 1.807) is 28.3 Å². The average Bonchev–Trinajstić information content (AvgIpc) is 3.50. The van der Waals surface area contributed by atoms with Crippen LogP contribution in [0.25, 0.3) is 32.9 Å². The Bertz CT molecular complexity index is 1350. The topological polar surface area (TPSA) is 85.8 Å². The molecular weight excluding hydrogens is 398 g/mol. The molecule has 4 heterocycles. The van der Waals surface area contributed by atoms with Gasteiger partial charge < -0.3 is 9.84 Å². The number of nitrogens with one attached hydrogen (secondary N) is 1. The molecule has 1 amide bonds. The Balaban J connectivity index is 1.57. The van der Waals surface area contributed by atoms with E-state index >= 15 is 0 Å². The molecule has 5 aromatic rings. The first kappa shape index (κ1) is 18.3. The number of pyridine rings is 1. The van der Waals surface area contributed by atoms with Gasteiger partial charge in [0.2, 0.25) is 0 Å². The molecule has 5 rings (SSSR count). The summed E-state index contributed by atoms with van der Waals surface area (Å²) < 4.78 is 6.93. The van der Waals surface area contributed by atoms with Crippen LogP contribution in [0.15, 0.2) is 64.6 Å². The van der Waals surface area contributed by atoms with Crippen molar-refractivity contribution < 1.29 is 9.32 Å². The monoisotopic (exact) mass is 415 g/mol. The standard InChI is InChI=1S/C22H17N5O2S/c1-13-20-16(12-17(19-7-4-10-30-19)25-21(20)27(2)26-13)22(28)24-15-6-3-5-14(11-15)18-8-9-23-29-18/h3-12H,1-2H3,(H,24,28). The largest absolute Gasteiger partial charge is 0.356 e. The number of carbonyl (C=O) groups excluding carboxylic acids is 1. The van der Waals surface area contributed by atoms with Gasteiger partial charge in [0.15, 0.2) is 11.4 Å². The van der Waals surface area contributed by atoms with Crippen molar-refractivity contribution in [2.45, 2.75) is 6.92 Å². The Morgan fingerprint density at radius 2 is 2.07 bits per heavy atom. The Morgan fingerprint density at radius 3 is 2.83 bits per heavy atom. The van der Waals surface area contributed by atoms with Crippen molar-refractivity contribution in [2.24, 2.45) is 7.05 Å². The van der Waals surface area contributed by atoms with Crippen LogP contribution in [0.2, 0.25) is 0 Å². The minimum Gasteiger partial charge on any atom is -0.356 e. The van der Waals surface area contributed by atoms with Crippen LogP contribution < -0.4 is 5.32 Å². The van der Waals surface area contributed by atoms with Crippen molar-refractivity contribution in [2.75, 3.05) is 5.32 Å². The number of nitrogens with zero attached hydrogens (tertiary/aromatic N) is 4. The number of aryl methyl sites for hydroxylation is 2. The number of benzene rings is 1. The lowest BCUT2D eigenvalue weighted by Gasteiger charge is -2.09. The van der Waals surface area contributed by atoms with Crippen LogP contribution in [0.4, 0.5) is 5.69 Å². The molecule has 0 spiro atoms. The summed E-state index contributed by atoms with van der Waals surface area (Å²) in [5, 5.41) is 13.9. The van der Waals surface area contributed by atoms with Crippen molar-refractivity contribution >= 4 is 34.0 Å². The van der Waals surface area contributed by atoms with E-state index in [0.717, 1.165) is 27.2 Å². The first-order valence-electron chi connectivity index (χ1n) is 9.31. The highest BCUT2D eigenvalue weighted by Crippen LogP contribution is 2.30. The second-order valence-corrected chi connectivity index (χ2v) is 7.80. The number of thiophene rings is 1. The predicted molar refractivity (Wildman–Crippen MR) is 116 cm³/mol. The fraction of sp³-hybridized carbons (Fsp3) is 0.0909. The van der Waals surface area contributed by atoms with Crippen LogP contribution >= 0.6 is 11.3 Å². The van der Waals surface area contributed by atoms with Crippen LogP contribution in [0, 0.1) is 6.92 Å². The van der Waals surface area contributed by atoms with Gasteiger partial charge in [0.25, 0.3) is 5.91 Å². The molecule has 0 bridgehead atoms. The molecule has 1 aromatic carbocycles. The zero-order chi connectivity index (χ0) is 20.7. The molecule has 0 saturated heterocycles. The maximum atomic E-state index is 13.3. The molecule has 1 N–H and O–H groups in total. The minimum atomic E-state index is -0.217. The van der Waals surface area contributed by atoms with Crippen LogP contribution in [0.1, 0.15) is 16.1 Å². The second kappa shape index (κ2) is 7.23. The zero-order valence-electron chi connectivity index (χ0n) is 16.3. The molecular formula is C22H17N5O2S. The number of carbonyl (C=O) groups is 1. The molecule has 4 aromatic heterocycles. The van der Waals surface area contributed by atoms with Gasteiger partial charge in [-0.2, -0.15) is 5.10 Å². The van der Waals surface area contributed by atoms with Crippen LogP contribution in [0.3, 0.4) is 0 Å². The number of aromatic nitrogens is 4. The molecule has 8 heteroatoms. The molecule has 0 atom stereocenters. The van der Waals surface area contributed by atoms with Crippen molar-refractivity contribution in [3.63, 3.8) is 0 Å². The molecule has 0 aliphatic heterocycles. The highest BCUT2D eigenvalue weighted by molar-refractivity contribution is 7.13. The van der Waals surface area contributed by atoms with E-state index < -0.39 is 0 Å². The van der Waals surface area contributed by atoms with E-state index in [1.165, 1.54) is 0 Å². The van der Waals surface area contributed by atoms with Crippen molar-refractivity contribution in [3.8, 4) is 21.9 Å². The summed E-state index contributed by atoms with van der Waals surface area (Å²) in [4.78, 5) is 19.0. The molecule has 0 aliphatic rings. The highest BCUT2D eigenvalue weighted by atomic mass is 32.1. The number of fused-ring (bicyclic) bond motifs is 1. The summed E-state index contributed by atoms with van der Waals surface area (Å²) in [6, 6.07) is 15.0. The van der Waals surface area contributed by atoms with E-state index in [4.69, 9.17) is 9.51 Å². The van der Waals surface area contributed by atoms with Gasteiger partial charge in [0.1, 0.15) is 0 Å². The lowest BCUT2D eigenvalue weighted by Crippen LogP contribution is -2.13. The number of hydrogen-bond donors (Lipinski definition) is 1. The molecule has 7 nitrogen and oxygen atoms in total. The third-order valence-electron chi connectivity index (χ3n) is 4.83. The fourth-order valence-corrected chi connectivity index (χ4v) is 4.17. The molecule has 30 heavy (non-hydrogen) atoms. The summed E-state index contributed by atoms with van der Waals surface area (Å²) in [7, 11) is 1.84. The zero-order valence-corrected chi connectivity index (χ0v) is 17.1. The summed E-state index contributed by atoms with van der Waals surface area (Å²) in [6.45, 7) is 1.89. The van der Waals surface area contributed by atoms with Crippen LogP contribution in [0.5, 0.6) is 0 Å². The van der Waals surface area contributed by atoms with Gasteiger partial charge in [-0.3, -0.25) is 9.48 Å². The molecule has 0 aliphatic carbocycles. The van der Waals surface area contributed by atoms with Gasteiger partial charge >= 0.3 is 0 Å². The van der Waals surface area contributed by atoms with Gasteiger partial charge in [-0.25, -0.2) is 4.98 Å².